The smallest absolute Gasteiger partial charge is 0.326 e. The maximum atomic E-state index is 13.2. The Labute approximate surface area is 225 Å². The number of aliphatic hydroxyl groups excluding tert-OH is 1. The maximum absolute atomic E-state index is 13.2. The standard InChI is InChI=1S/C28H33NO8S/c1-18(28(31)32)29(20-9-7-6-8-10-20)22-13-19(11-12-24(22)35-3)16-38(33)17-23(30)27-25(36-4)14-21(34-2)15-26(27)37-5/h6-15,18,23,30H,16-17H2,1-5H3,(H,31,32). The molecule has 0 heterocycles. The van der Waals surface area contributed by atoms with Gasteiger partial charge in [0.25, 0.3) is 0 Å². The second kappa shape index (κ2) is 13.3. The Kier molecular flexibility index (Phi) is 10.1. The van der Waals surface area contributed by atoms with Gasteiger partial charge in [-0.1, -0.05) is 24.3 Å². The van der Waals surface area contributed by atoms with Crippen LogP contribution < -0.4 is 23.8 Å². The van der Waals surface area contributed by atoms with E-state index in [1.165, 1.54) is 28.4 Å². The molecule has 9 nitrogen and oxygen atoms in total. The van der Waals surface area contributed by atoms with Gasteiger partial charge in [0.15, 0.2) is 0 Å². The highest BCUT2D eigenvalue weighted by Crippen LogP contribution is 2.40. The predicted octanol–water partition coefficient (Wildman–Crippen LogP) is 4.31. The van der Waals surface area contributed by atoms with E-state index in [2.05, 4.69) is 0 Å². The summed E-state index contributed by atoms with van der Waals surface area (Å²) in [4.78, 5) is 13.6. The van der Waals surface area contributed by atoms with Crippen molar-refractivity contribution in [3.05, 3.63) is 71.8 Å². The average Bonchev–Trinajstić information content (AvgIpc) is 2.92. The number of ether oxygens (including phenoxy) is 4. The predicted molar refractivity (Wildman–Crippen MR) is 146 cm³/mol. The van der Waals surface area contributed by atoms with Gasteiger partial charge in [-0.05, 0) is 42.4 Å². The quantitative estimate of drug-likeness (QED) is 0.304. The first-order chi connectivity index (χ1) is 18.2. The number of carboxylic acids is 1. The van der Waals surface area contributed by atoms with Gasteiger partial charge in [0, 0.05) is 23.4 Å². The first-order valence-electron chi connectivity index (χ1n) is 11.8. The molecule has 0 fully saturated rings. The van der Waals surface area contributed by atoms with Crippen molar-refractivity contribution in [1.29, 1.82) is 0 Å². The first kappa shape index (κ1) is 29.0. The molecule has 0 saturated heterocycles. The van der Waals surface area contributed by atoms with Crippen molar-refractivity contribution in [2.75, 3.05) is 39.1 Å². The first-order valence-corrected chi connectivity index (χ1v) is 13.3. The van der Waals surface area contributed by atoms with E-state index in [0.29, 0.717) is 45.5 Å². The molecule has 0 spiro atoms. The van der Waals surface area contributed by atoms with Crippen molar-refractivity contribution in [3.8, 4) is 23.0 Å². The number of methoxy groups -OCH3 is 4. The average molecular weight is 544 g/mol. The second-order valence-corrected chi connectivity index (χ2v) is 9.94. The van der Waals surface area contributed by atoms with Gasteiger partial charge in [-0.2, -0.15) is 0 Å². The molecule has 0 aliphatic carbocycles. The molecular formula is C28H33NO8S. The molecule has 3 rings (SSSR count). The lowest BCUT2D eigenvalue weighted by molar-refractivity contribution is -0.138. The van der Waals surface area contributed by atoms with Crippen LogP contribution in [0.1, 0.15) is 24.2 Å². The van der Waals surface area contributed by atoms with Crippen LogP contribution in [0.5, 0.6) is 23.0 Å². The number of anilines is 2. The van der Waals surface area contributed by atoms with Crippen LogP contribution in [0, 0.1) is 0 Å². The Balaban J connectivity index is 1.90. The molecule has 10 heteroatoms. The summed E-state index contributed by atoms with van der Waals surface area (Å²) in [7, 11) is 5.96. The van der Waals surface area contributed by atoms with E-state index in [9.17, 15) is 19.6 Å². The summed E-state index contributed by atoms with van der Waals surface area (Å²) >= 11 is -1.49. The lowest BCUT2D eigenvalue weighted by atomic mass is 10.1. The molecule has 0 aromatic heterocycles. The van der Waals surface area contributed by atoms with Crippen molar-refractivity contribution in [3.63, 3.8) is 0 Å². The van der Waals surface area contributed by atoms with E-state index in [-0.39, 0.29) is 11.5 Å². The Hall–Kier alpha value is -3.60. The number of hydrogen-bond donors (Lipinski definition) is 2. The molecule has 0 amide bonds. The SMILES string of the molecule is COc1cc(OC)c(C(O)C[S+]([O-])Cc2ccc(OC)c(N(c3ccccc3)C(C)C(=O)O)c2)c(OC)c1. The molecule has 3 atom stereocenters. The maximum Gasteiger partial charge on any atom is 0.326 e. The molecule has 2 N–H and O–H groups in total. The monoisotopic (exact) mass is 543 g/mol. The van der Waals surface area contributed by atoms with Gasteiger partial charge in [0.2, 0.25) is 0 Å². The zero-order chi connectivity index (χ0) is 27.8. The van der Waals surface area contributed by atoms with Gasteiger partial charge in [-0.15, -0.1) is 0 Å². The number of carboxylic acid groups (broad SMARTS) is 1. The Morgan fingerprint density at radius 2 is 1.53 bits per heavy atom. The molecule has 0 saturated carbocycles. The normalized spacial score (nSPS) is 13.2. The molecule has 3 aromatic carbocycles. The minimum atomic E-state index is -1.49. The number of benzene rings is 3. The Morgan fingerprint density at radius 3 is 2.05 bits per heavy atom. The van der Waals surface area contributed by atoms with Gasteiger partial charge in [0.1, 0.15) is 46.6 Å². The van der Waals surface area contributed by atoms with Gasteiger partial charge in [0.05, 0.1) is 39.7 Å². The minimum Gasteiger partial charge on any atom is -0.616 e. The number of rotatable bonds is 13. The van der Waals surface area contributed by atoms with E-state index in [1.807, 2.05) is 30.3 Å². The minimum absolute atomic E-state index is 0.0751. The van der Waals surface area contributed by atoms with Crippen LogP contribution in [0.2, 0.25) is 0 Å². The summed E-state index contributed by atoms with van der Waals surface area (Å²) in [6.07, 6.45) is -1.13. The van der Waals surface area contributed by atoms with Gasteiger partial charge < -0.3 is 38.6 Å². The molecule has 0 radical (unpaired) electrons. The molecule has 0 aliphatic rings. The topological polar surface area (TPSA) is 121 Å². The largest absolute Gasteiger partial charge is 0.616 e. The van der Waals surface area contributed by atoms with E-state index in [1.54, 1.807) is 42.2 Å². The number of aliphatic hydroxyl groups is 1. The zero-order valence-corrected chi connectivity index (χ0v) is 22.9. The van der Waals surface area contributed by atoms with Crippen LogP contribution in [0.4, 0.5) is 11.4 Å². The van der Waals surface area contributed by atoms with Crippen molar-refractivity contribution in [2.24, 2.45) is 0 Å². The lowest BCUT2D eigenvalue weighted by Crippen LogP contribution is -2.35. The van der Waals surface area contributed by atoms with Crippen LogP contribution in [-0.4, -0.2) is 61.0 Å². The molecule has 0 bridgehead atoms. The summed E-state index contributed by atoms with van der Waals surface area (Å²) < 4.78 is 34.8. The van der Waals surface area contributed by atoms with Crippen LogP contribution in [0.25, 0.3) is 0 Å². The number of aliphatic carboxylic acids is 1. The number of carbonyl (C=O) groups is 1. The molecular weight excluding hydrogens is 510 g/mol. The summed E-state index contributed by atoms with van der Waals surface area (Å²) in [5, 5.41) is 20.8. The molecule has 38 heavy (non-hydrogen) atoms. The molecule has 0 aliphatic heterocycles. The third-order valence-corrected chi connectivity index (χ3v) is 7.38. The van der Waals surface area contributed by atoms with E-state index in [4.69, 9.17) is 18.9 Å². The third kappa shape index (κ3) is 6.63. The van der Waals surface area contributed by atoms with Gasteiger partial charge in [-0.3, -0.25) is 0 Å². The highest BCUT2D eigenvalue weighted by molar-refractivity contribution is 7.90. The molecule has 3 unspecified atom stereocenters. The summed E-state index contributed by atoms with van der Waals surface area (Å²) in [5.74, 6) is 0.740. The third-order valence-electron chi connectivity index (χ3n) is 6.04. The van der Waals surface area contributed by atoms with Crippen LogP contribution in [-0.2, 0) is 21.7 Å². The highest BCUT2D eigenvalue weighted by Gasteiger charge is 2.28. The van der Waals surface area contributed by atoms with Crippen molar-refractivity contribution in [2.45, 2.75) is 24.8 Å². The Bertz CT molecular complexity index is 1200. The molecule has 3 aromatic rings. The van der Waals surface area contributed by atoms with Crippen molar-refractivity contribution >= 4 is 28.5 Å². The van der Waals surface area contributed by atoms with Crippen LogP contribution in [0.3, 0.4) is 0 Å². The van der Waals surface area contributed by atoms with Crippen LogP contribution >= 0.6 is 0 Å². The molecule has 204 valence electrons. The van der Waals surface area contributed by atoms with Gasteiger partial charge >= 0.3 is 5.97 Å². The number of nitrogens with zero attached hydrogens (tertiary/aromatic N) is 1. The highest BCUT2D eigenvalue weighted by atomic mass is 32.2. The van der Waals surface area contributed by atoms with E-state index < -0.39 is 29.3 Å². The fourth-order valence-electron chi connectivity index (χ4n) is 4.15. The number of para-hydroxylation sites is 1. The summed E-state index contributed by atoms with van der Waals surface area (Å²) in [5.41, 5.74) is 2.28. The fraction of sp³-hybridized carbons (Fsp3) is 0.321. The second-order valence-electron chi connectivity index (χ2n) is 8.44. The van der Waals surface area contributed by atoms with E-state index in [0.717, 1.165) is 0 Å². The summed E-state index contributed by atoms with van der Waals surface area (Å²) in [6, 6.07) is 16.7. The van der Waals surface area contributed by atoms with E-state index >= 15 is 0 Å². The lowest BCUT2D eigenvalue weighted by Gasteiger charge is -2.30. The fourth-order valence-corrected chi connectivity index (χ4v) is 5.34. The zero-order valence-electron chi connectivity index (χ0n) is 22.0. The number of hydrogen-bond acceptors (Lipinski definition) is 8. The Morgan fingerprint density at radius 1 is 0.921 bits per heavy atom. The van der Waals surface area contributed by atoms with Crippen molar-refractivity contribution in [1.82, 2.24) is 0 Å². The van der Waals surface area contributed by atoms with Crippen LogP contribution in [0.15, 0.2) is 60.7 Å². The van der Waals surface area contributed by atoms with Crippen molar-refractivity contribution < 1.29 is 38.5 Å². The summed E-state index contributed by atoms with van der Waals surface area (Å²) in [6.45, 7) is 1.59. The van der Waals surface area contributed by atoms with Gasteiger partial charge in [-0.25, -0.2) is 4.79 Å².